The number of carbonyl (C=O) groups excluding carboxylic acids is 3. The Morgan fingerprint density at radius 2 is 2.08 bits per heavy atom. The summed E-state index contributed by atoms with van der Waals surface area (Å²) in [6.07, 6.45) is 1.45. The zero-order valence-corrected chi connectivity index (χ0v) is 13.5. The summed E-state index contributed by atoms with van der Waals surface area (Å²) in [7, 11) is 0. The molecular formula is C17H16FN3O4. The number of ether oxygens (including phenoxy) is 1. The fourth-order valence-corrected chi connectivity index (χ4v) is 2.02. The number of rotatable bonds is 5. The largest absolute Gasteiger partial charge is 0.452 e. The summed E-state index contributed by atoms with van der Waals surface area (Å²) in [5.74, 6) is -1.97. The fourth-order valence-electron chi connectivity index (χ4n) is 2.02. The van der Waals surface area contributed by atoms with Gasteiger partial charge >= 0.3 is 12.0 Å². The van der Waals surface area contributed by atoms with Crippen LogP contribution in [0.5, 0.6) is 0 Å². The number of aromatic nitrogens is 1. The lowest BCUT2D eigenvalue weighted by molar-refractivity contribution is -0.123. The van der Waals surface area contributed by atoms with E-state index in [4.69, 9.17) is 4.74 Å². The highest BCUT2D eigenvalue weighted by molar-refractivity contribution is 5.98. The molecule has 2 aromatic rings. The van der Waals surface area contributed by atoms with Crippen LogP contribution in [-0.2, 0) is 9.53 Å². The number of pyridine rings is 1. The smallest absolute Gasteiger partial charge is 0.340 e. The third kappa shape index (κ3) is 4.84. The SMILES string of the molecule is C=CCNC(=O)NC(=O)COC(=O)c1cc2ccc(F)cc2nc1C. The molecule has 0 aliphatic carbocycles. The Kier molecular flexibility index (Phi) is 5.78. The number of esters is 1. The molecule has 0 unspecified atom stereocenters. The van der Waals surface area contributed by atoms with Gasteiger partial charge in [-0.3, -0.25) is 15.1 Å². The van der Waals surface area contributed by atoms with E-state index >= 15 is 0 Å². The molecule has 8 heteroatoms. The van der Waals surface area contributed by atoms with Gasteiger partial charge < -0.3 is 10.1 Å². The molecule has 130 valence electrons. The minimum Gasteiger partial charge on any atom is -0.452 e. The van der Waals surface area contributed by atoms with Gasteiger partial charge in [-0.25, -0.2) is 14.0 Å². The first-order valence-electron chi connectivity index (χ1n) is 7.33. The number of nitrogens with one attached hydrogen (secondary N) is 2. The highest BCUT2D eigenvalue weighted by Crippen LogP contribution is 2.18. The number of halogens is 1. The molecule has 0 aliphatic heterocycles. The number of imide groups is 1. The van der Waals surface area contributed by atoms with Gasteiger partial charge in [-0.05, 0) is 25.1 Å². The molecule has 7 nitrogen and oxygen atoms in total. The Balaban J connectivity index is 2.01. The van der Waals surface area contributed by atoms with Gasteiger partial charge in [0.1, 0.15) is 5.82 Å². The summed E-state index contributed by atoms with van der Waals surface area (Å²) in [6.45, 7) is 4.56. The maximum atomic E-state index is 13.2. The van der Waals surface area contributed by atoms with Crippen molar-refractivity contribution in [3.8, 4) is 0 Å². The van der Waals surface area contributed by atoms with Crippen LogP contribution in [0.2, 0.25) is 0 Å². The quantitative estimate of drug-likeness (QED) is 0.637. The molecule has 2 rings (SSSR count). The molecule has 1 aromatic carbocycles. The molecule has 0 saturated heterocycles. The Morgan fingerprint density at radius 3 is 2.80 bits per heavy atom. The van der Waals surface area contributed by atoms with Gasteiger partial charge in [0.2, 0.25) is 0 Å². The molecule has 3 amide bonds. The van der Waals surface area contributed by atoms with Crippen molar-refractivity contribution in [2.75, 3.05) is 13.2 Å². The molecule has 0 atom stereocenters. The topological polar surface area (TPSA) is 97.4 Å². The second-order valence-electron chi connectivity index (χ2n) is 5.08. The summed E-state index contributed by atoms with van der Waals surface area (Å²) in [5, 5.41) is 4.91. The minimum absolute atomic E-state index is 0.156. The lowest BCUT2D eigenvalue weighted by Crippen LogP contribution is -2.41. The lowest BCUT2D eigenvalue weighted by atomic mass is 10.1. The Bertz CT molecular complexity index is 851. The maximum Gasteiger partial charge on any atom is 0.340 e. The van der Waals surface area contributed by atoms with E-state index in [0.29, 0.717) is 16.6 Å². The number of hydrogen-bond donors (Lipinski definition) is 2. The fraction of sp³-hybridized carbons (Fsp3) is 0.176. The van der Waals surface area contributed by atoms with Crippen molar-refractivity contribution in [1.82, 2.24) is 15.6 Å². The van der Waals surface area contributed by atoms with Crippen LogP contribution in [0.3, 0.4) is 0 Å². The van der Waals surface area contributed by atoms with Gasteiger partial charge in [0, 0.05) is 18.0 Å². The van der Waals surface area contributed by atoms with E-state index in [9.17, 15) is 18.8 Å². The predicted molar refractivity (Wildman–Crippen MR) is 88.5 cm³/mol. The summed E-state index contributed by atoms with van der Waals surface area (Å²) in [4.78, 5) is 39.1. The van der Waals surface area contributed by atoms with Gasteiger partial charge in [-0.15, -0.1) is 6.58 Å². The normalized spacial score (nSPS) is 10.2. The molecule has 0 radical (unpaired) electrons. The number of benzene rings is 1. The molecule has 0 saturated carbocycles. The third-order valence-electron chi connectivity index (χ3n) is 3.18. The number of fused-ring (bicyclic) bond motifs is 1. The van der Waals surface area contributed by atoms with Crippen molar-refractivity contribution < 1.29 is 23.5 Å². The van der Waals surface area contributed by atoms with Crippen LogP contribution >= 0.6 is 0 Å². The standard InChI is InChI=1S/C17H16FN3O4/c1-3-6-19-17(24)21-15(22)9-25-16(23)13-7-11-4-5-12(18)8-14(11)20-10(13)2/h3-5,7-8H,1,6,9H2,2H3,(H2,19,21,22,24). The molecule has 0 fully saturated rings. The van der Waals surface area contributed by atoms with E-state index in [1.807, 2.05) is 5.32 Å². The lowest BCUT2D eigenvalue weighted by Gasteiger charge is -2.09. The first-order valence-corrected chi connectivity index (χ1v) is 7.33. The maximum absolute atomic E-state index is 13.2. The number of hydrogen-bond acceptors (Lipinski definition) is 5. The second-order valence-corrected chi connectivity index (χ2v) is 5.08. The second kappa shape index (κ2) is 8.00. The number of amides is 3. The Hall–Kier alpha value is -3.29. The zero-order valence-electron chi connectivity index (χ0n) is 13.5. The van der Waals surface area contributed by atoms with E-state index in [1.165, 1.54) is 30.3 Å². The minimum atomic E-state index is -0.775. The predicted octanol–water partition coefficient (Wildman–Crippen LogP) is 1.85. The first-order chi connectivity index (χ1) is 11.9. The van der Waals surface area contributed by atoms with Crippen LogP contribution in [0.15, 0.2) is 36.9 Å². The first kappa shape index (κ1) is 18.1. The zero-order chi connectivity index (χ0) is 18.4. The number of carbonyl (C=O) groups is 3. The highest BCUT2D eigenvalue weighted by Gasteiger charge is 2.16. The highest BCUT2D eigenvalue weighted by atomic mass is 19.1. The summed E-state index contributed by atoms with van der Waals surface area (Å²) >= 11 is 0. The van der Waals surface area contributed by atoms with Crippen LogP contribution in [0.25, 0.3) is 10.9 Å². The summed E-state index contributed by atoms with van der Waals surface area (Å²) < 4.78 is 18.1. The van der Waals surface area contributed by atoms with Gasteiger partial charge in [0.15, 0.2) is 6.61 Å². The molecule has 0 spiro atoms. The molecule has 25 heavy (non-hydrogen) atoms. The van der Waals surface area contributed by atoms with E-state index in [1.54, 1.807) is 6.92 Å². The van der Waals surface area contributed by atoms with Crippen LogP contribution in [-0.4, -0.2) is 36.0 Å². The number of aryl methyl sites for hydroxylation is 1. The van der Waals surface area contributed by atoms with Crippen molar-refractivity contribution in [3.05, 3.63) is 54.0 Å². The Morgan fingerprint density at radius 1 is 1.32 bits per heavy atom. The summed E-state index contributed by atoms with van der Waals surface area (Å²) in [6, 6.07) is 4.79. The van der Waals surface area contributed by atoms with Gasteiger partial charge in [-0.2, -0.15) is 0 Å². The molecular weight excluding hydrogens is 329 g/mol. The van der Waals surface area contributed by atoms with Crippen LogP contribution in [0, 0.1) is 12.7 Å². The van der Waals surface area contributed by atoms with Gasteiger partial charge in [0.25, 0.3) is 5.91 Å². The monoisotopic (exact) mass is 345 g/mol. The van der Waals surface area contributed by atoms with Crippen LogP contribution < -0.4 is 10.6 Å². The van der Waals surface area contributed by atoms with E-state index in [-0.39, 0.29) is 12.1 Å². The molecule has 1 aromatic heterocycles. The average molecular weight is 345 g/mol. The van der Waals surface area contributed by atoms with Crippen molar-refractivity contribution >= 4 is 28.8 Å². The van der Waals surface area contributed by atoms with Crippen LogP contribution in [0.4, 0.5) is 9.18 Å². The average Bonchev–Trinajstić information content (AvgIpc) is 2.57. The van der Waals surface area contributed by atoms with Crippen molar-refractivity contribution in [2.45, 2.75) is 6.92 Å². The Labute approximate surface area is 142 Å². The summed E-state index contributed by atoms with van der Waals surface area (Å²) in [5.41, 5.74) is 0.904. The van der Waals surface area contributed by atoms with Crippen LogP contribution in [0.1, 0.15) is 16.1 Å². The number of nitrogens with zero attached hydrogens (tertiary/aromatic N) is 1. The van der Waals surface area contributed by atoms with E-state index in [0.717, 1.165) is 0 Å². The van der Waals surface area contributed by atoms with Crippen molar-refractivity contribution in [3.63, 3.8) is 0 Å². The molecule has 0 aliphatic rings. The number of urea groups is 1. The van der Waals surface area contributed by atoms with Crippen molar-refractivity contribution in [1.29, 1.82) is 0 Å². The van der Waals surface area contributed by atoms with E-state index in [2.05, 4.69) is 16.9 Å². The van der Waals surface area contributed by atoms with Gasteiger partial charge in [-0.1, -0.05) is 6.08 Å². The van der Waals surface area contributed by atoms with Crippen molar-refractivity contribution in [2.24, 2.45) is 0 Å². The molecule has 2 N–H and O–H groups in total. The third-order valence-corrected chi connectivity index (χ3v) is 3.18. The molecule has 1 heterocycles. The molecule has 0 bridgehead atoms. The van der Waals surface area contributed by atoms with E-state index < -0.39 is 30.3 Å². The van der Waals surface area contributed by atoms with Gasteiger partial charge in [0.05, 0.1) is 16.8 Å².